The lowest BCUT2D eigenvalue weighted by atomic mass is 9.62. The lowest BCUT2D eigenvalue weighted by molar-refractivity contribution is 0.0916. The molecule has 64 valence electrons. The summed E-state index contributed by atoms with van der Waals surface area (Å²) in [5.41, 5.74) is 0.875. The van der Waals surface area contributed by atoms with Crippen LogP contribution < -0.4 is 0 Å². The van der Waals surface area contributed by atoms with Crippen LogP contribution in [-0.4, -0.2) is 0 Å². The van der Waals surface area contributed by atoms with Crippen LogP contribution >= 0.6 is 0 Å². The van der Waals surface area contributed by atoms with Crippen LogP contribution in [0.2, 0.25) is 0 Å². The van der Waals surface area contributed by atoms with E-state index in [1.54, 1.807) is 25.7 Å². The minimum atomic E-state index is 0.875. The first-order valence-corrected chi connectivity index (χ1v) is 5.41. The summed E-state index contributed by atoms with van der Waals surface area (Å²) in [6, 6.07) is 0. The molecule has 0 N–H and O–H groups in total. The zero-order chi connectivity index (χ0) is 7.57. The van der Waals surface area contributed by atoms with Gasteiger partial charge in [0.25, 0.3) is 0 Å². The summed E-state index contributed by atoms with van der Waals surface area (Å²) in [7, 11) is 0. The molecule has 0 bridgehead atoms. The second-order valence-corrected chi connectivity index (χ2v) is 4.62. The second-order valence-electron chi connectivity index (χ2n) is 4.62. The molecule has 11 heavy (non-hydrogen) atoms. The minimum Gasteiger partial charge on any atom is -0.0533 e. The van der Waals surface area contributed by atoms with Gasteiger partial charge in [-0.15, -0.1) is 0 Å². The Morgan fingerprint density at radius 1 is 0.455 bits per heavy atom. The molecular weight excluding hydrogens is 132 g/mol. The Morgan fingerprint density at radius 3 is 1.36 bits per heavy atom. The van der Waals surface area contributed by atoms with Crippen LogP contribution in [0.1, 0.15) is 64.2 Å². The highest BCUT2D eigenvalue weighted by molar-refractivity contribution is 4.88. The molecule has 0 aromatic carbocycles. The Balaban J connectivity index is 1.86. The third-order valence-corrected chi connectivity index (χ3v) is 3.83. The molecule has 2 fully saturated rings. The van der Waals surface area contributed by atoms with E-state index < -0.39 is 0 Å². The van der Waals surface area contributed by atoms with E-state index in [1.807, 2.05) is 0 Å². The van der Waals surface area contributed by atoms with Gasteiger partial charge in [0.2, 0.25) is 0 Å². The van der Waals surface area contributed by atoms with Gasteiger partial charge in [-0.1, -0.05) is 38.5 Å². The van der Waals surface area contributed by atoms with Crippen molar-refractivity contribution in [3.8, 4) is 0 Å². The zero-order valence-corrected chi connectivity index (χ0v) is 7.57. The van der Waals surface area contributed by atoms with E-state index in [2.05, 4.69) is 0 Å². The van der Waals surface area contributed by atoms with Gasteiger partial charge in [0.05, 0.1) is 0 Å². The first-order chi connectivity index (χ1) is 5.41. The largest absolute Gasteiger partial charge is 0.0533 e. The van der Waals surface area contributed by atoms with Crippen molar-refractivity contribution in [2.45, 2.75) is 64.2 Å². The summed E-state index contributed by atoms with van der Waals surface area (Å²) in [4.78, 5) is 0. The Kier molecular flexibility index (Phi) is 2.20. The number of rotatable bonds is 0. The van der Waals surface area contributed by atoms with Crippen LogP contribution in [-0.2, 0) is 0 Å². The lowest BCUT2D eigenvalue weighted by Crippen LogP contribution is -2.29. The average molecular weight is 152 g/mol. The topological polar surface area (TPSA) is 0 Å². The summed E-state index contributed by atoms with van der Waals surface area (Å²) < 4.78 is 0. The summed E-state index contributed by atoms with van der Waals surface area (Å²) in [6.07, 6.45) is 15.4. The molecule has 0 aliphatic heterocycles. The highest BCUT2D eigenvalue weighted by atomic mass is 14.4. The van der Waals surface area contributed by atoms with Crippen molar-refractivity contribution in [1.82, 2.24) is 0 Å². The molecule has 0 aromatic heterocycles. The molecule has 0 nitrogen and oxygen atoms in total. The van der Waals surface area contributed by atoms with Gasteiger partial charge in [-0.05, 0) is 31.1 Å². The van der Waals surface area contributed by atoms with Crippen molar-refractivity contribution in [2.24, 2.45) is 5.41 Å². The van der Waals surface area contributed by atoms with Gasteiger partial charge < -0.3 is 0 Å². The van der Waals surface area contributed by atoms with Crippen LogP contribution in [0.25, 0.3) is 0 Å². The SMILES string of the molecule is C1CCCC2(CCC1)CCC2. The van der Waals surface area contributed by atoms with Gasteiger partial charge in [0.1, 0.15) is 0 Å². The van der Waals surface area contributed by atoms with E-state index in [9.17, 15) is 0 Å². The van der Waals surface area contributed by atoms with E-state index in [0.717, 1.165) is 5.41 Å². The number of hydrogen-bond donors (Lipinski definition) is 0. The molecule has 0 heteroatoms. The maximum atomic E-state index is 1.56. The molecular formula is C11H20. The Hall–Kier alpha value is 0. The van der Waals surface area contributed by atoms with E-state index in [-0.39, 0.29) is 0 Å². The highest BCUT2D eigenvalue weighted by Crippen LogP contribution is 2.49. The summed E-state index contributed by atoms with van der Waals surface area (Å²) >= 11 is 0. The summed E-state index contributed by atoms with van der Waals surface area (Å²) in [5, 5.41) is 0. The second kappa shape index (κ2) is 3.16. The molecule has 0 atom stereocenters. The molecule has 0 unspecified atom stereocenters. The van der Waals surface area contributed by atoms with Crippen LogP contribution in [0, 0.1) is 5.41 Å². The molecule has 2 aliphatic carbocycles. The third kappa shape index (κ3) is 1.60. The van der Waals surface area contributed by atoms with Gasteiger partial charge in [-0.25, -0.2) is 0 Å². The predicted octanol–water partition coefficient (Wildman–Crippen LogP) is 3.90. The predicted molar refractivity (Wildman–Crippen MR) is 48.6 cm³/mol. The van der Waals surface area contributed by atoms with Crippen LogP contribution in [0.4, 0.5) is 0 Å². The molecule has 0 amide bonds. The van der Waals surface area contributed by atoms with E-state index >= 15 is 0 Å². The monoisotopic (exact) mass is 152 g/mol. The van der Waals surface area contributed by atoms with Gasteiger partial charge in [0.15, 0.2) is 0 Å². The fourth-order valence-corrected chi connectivity index (χ4v) is 2.83. The first-order valence-electron chi connectivity index (χ1n) is 5.41. The normalized spacial score (nSPS) is 30.5. The third-order valence-electron chi connectivity index (χ3n) is 3.83. The molecule has 0 heterocycles. The van der Waals surface area contributed by atoms with Crippen LogP contribution in [0.15, 0.2) is 0 Å². The van der Waals surface area contributed by atoms with Crippen LogP contribution in [0.3, 0.4) is 0 Å². The zero-order valence-electron chi connectivity index (χ0n) is 7.57. The van der Waals surface area contributed by atoms with Gasteiger partial charge >= 0.3 is 0 Å². The van der Waals surface area contributed by atoms with Crippen molar-refractivity contribution in [1.29, 1.82) is 0 Å². The summed E-state index contributed by atoms with van der Waals surface area (Å²) in [5.74, 6) is 0. The van der Waals surface area contributed by atoms with Crippen molar-refractivity contribution >= 4 is 0 Å². The molecule has 0 saturated heterocycles. The average Bonchev–Trinajstić information content (AvgIpc) is 1.82. The smallest absolute Gasteiger partial charge is 0.0297 e. The summed E-state index contributed by atoms with van der Waals surface area (Å²) in [6.45, 7) is 0. The van der Waals surface area contributed by atoms with Crippen molar-refractivity contribution < 1.29 is 0 Å². The van der Waals surface area contributed by atoms with E-state index in [4.69, 9.17) is 0 Å². The minimum absolute atomic E-state index is 0.875. The van der Waals surface area contributed by atoms with Crippen molar-refractivity contribution in [3.63, 3.8) is 0 Å². The maximum absolute atomic E-state index is 1.56. The fraction of sp³-hybridized carbons (Fsp3) is 1.00. The standard InChI is InChI=1S/C11H20/c1-2-4-7-11(8-5-3-1)9-6-10-11/h1-10H2. The Bertz CT molecular complexity index is 112. The lowest BCUT2D eigenvalue weighted by Gasteiger charge is -2.43. The van der Waals surface area contributed by atoms with Gasteiger partial charge in [-0.2, -0.15) is 0 Å². The van der Waals surface area contributed by atoms with Crippen molar-refractivity contribution in [3.05, 3.63) is 0 Å². The maximum Gasteiger partial charge on any atom is -0.0297 e. The molecule has 0 radical (unpaired) electrons. The fourth-order valence-electron chi connectivity index (χ4n) is 2.83. The number of hydrogen-bond acceptors (Lipinski definition) is 0. The molecule has 2 saturated carbocycles. The molecule has 2 rings (SSSR count). The Morgan fingerprint density at radius 2 is 0.909 bits per heavy atom. The first kappa shape index (κ1) is 7.64. The molecule has 1 spiro atoms. The highest BCUT2D eigenvalue weighted by Gasteiger charge is 2.35. The molecule has 2 aliphatic rings. The van der Waals surface area contributed by atoms with Gasteiger partial charge in [-0.3, -0.25) is 0 Å². The van der Waals surface area contributed by atoms with Crippen LogP contribution in [0.5, 0.6) is 0 Å². The van der Waals surface area contributed by atoms with E-state index in [0.29, 0.717) is 0 Å². The van der Waals surface area contributed by atoms with E-state index in [1.165, 1.54) is 38.5 Å². The Labute approximate surface area is 70.4 Å². The van der Waals surface area contributed by atoms with Gasteiger partial charge in [0, 0.05) is 0 Å². The molecule has 0 aromatic rings. The van der Waals surface area contributed by atoms with Crippen molar-refractivity contribution in [2.75, 3.05) is 0 Å². The quantitative estimate of drug-likeness (QED) is 0.494.